The number of amides is 1. The summed E-state index contributed by atoms with van der Waals surface area (Å²) in [5.74, 6) is -0.336. The van der Waals surface area contributed by atoms with Gasteiger partial charge in [0.15, 0.2) is 0 Å². The molecule has 0 atom stereocenters. The van der Waals surface area contributed by atoms with Crippen LogP contribution in [0.4, 0.5) is 8.78 Å². The third kappa shape index (κ3) is 6.20. The van der Waals surface area contributed by atoms with Gasteiger partial charge in [0.1, 0.15) is 0 Å². The fourth-order valence-corrected chi connectivity index (χ4v) is 2.96. The summed E-state index contributed by atoms with van der Waals surface area (Å²) >= 11 is 0. The topological polar surface area (TPSA) is 81.2 Å². The summed E-state index contributed by atoms with van der Waals surface area (Å²) in [6.45, 7) is -0.180. The van der Waals surface area contributed by atoms with E-state index in [1.54, 1.807) is 0 Å². The van der Waals surface area contributed by atoms with Gasteiger partial charge in [-0.15, -0.1) is 0 Å². The standard InChI is InChI=1S/C11H21F2N3O4S/c1-21(19,20)16-4-2-15(3-5-16)11(18)9-14(6-7-17)8-10(12)13/h10,17H,2-9H2,1H3. The molecule has 1 rings (SSSR count). The molecule has 0 aromatic heterocycles. The molecule has 124 valence electrons. The third-order valence-electron chi connectivity index (χ3n) is 3.23. The van der Waals surface area contributed by atoms with Gasteiger partial charge in [0.2, 0.25) is 15.9 Å². The molecule has 0 spiro atoms. The predicted molar refractivity (Wildman–Crippen MR) is 72.5 cm³/mol. The predicted octanol–water partition coefficient (Wildman–Crippen LogP) is -1.35. The van der Waals surface area contributed by atoms with E-state index in [0.29, 0.717) is 0 Å². The van der Waals surface area contributed by atoms with Crippen LogP contribution in [0.5, 0.6) is 0 Å². The molecule has 21 heavy (non-hydrogen) atoms. The normalized spacial score (nSPS) is 17.7. The van der Waals surface area contributed by atoms with Crippen molar-refractivity contribution in [1.29, 1.82) is 0 Å². The van der Waals surface area contributed by atoms with Gasteiger partial charge in [-0.1, -0.05) is 0 Å². The van der Waals surface area contributed by atoms with Gasteiger partial charge in [-0.3, -0.25) is 9.69 Å². The number of aliphatic hydroxyl groups excluding tert-OH is 1. The Hall–Kier alpha value is -0.840. The van der Waals surface area contributed by atoms with Gasteiger partial charge in [0, 0.05) is 32.7 Å². The fourth-order valence-electron chi connectivity index (χ4n) is 2.13. The molecule has 0 bridgehead atoms. The number of hydrogen-bond donors (Lipinski definition) is 1. The molecule has 1 N–H and O–H groups in total. The Morgan fingerprint density at radius 1 is 1.29 bits per heavy atom. The largest absolute Gasteiger partial charge is 0.395 e. The summed E-state index contributed by atoms with van der Waals surface area (Å²) in [5, 5.41) is 8.81. The molecular formula is C11H21F2N3O4S. The van der Waals surface area contributed by atoms with Gasteiger partial charge < -0.3 is 10.0 Å². The number of halogens is 2. The van der Waals surface area contributed by atoms with Crippen LogP contribution in [0.15, 0.2) is 0 Å². The summed E-state index contributed by atoms with van der Waals surface area (Å²) in [6.07, 6.45) is -1.47. The van der Waals surface area contributed by atoms with E-state index < -0.39 is 23.0 Å². The molecule has 1 amide bonds. The number of hydrogen-bond acceptors (Lipinski definition) is 5. The Labute approximate surface area is 123 Å². The molecule has 1 fully saturated rings. The Kier molecular flexibility index (Phi) is 6.91. The van der Waals surface area contributed by atoms with Crippen molar-refractivity contribution in [3.05, 3.63) is 0 Å². The maximum absolute atomic E-state index is 12.4. The lowest BCUT2D eigenvalue weighted by molar-refractivity contribution is -0.134. The second-order valence-corrected chi connectivity index (χ2v) is 6.88. The van der Waals surface area contributed by atoms with Gasteiger partial charge in [-0.2, -0.15) is 4.31 Å². The quantitative estimate of drug-likeness (QED) is 0.625. The smallest absolute Gasteiger partial charge is 0.251 e. The first-order chi connectivity index (χ1) is 9.74. The number of carbonyl (C=O) groups excluding carboxylic acids is 1. The first-order valence-corrected chi connectivity index (χ1v) is 8.43. The first-order valence-electron chi connectivity index (χ1n) is 6.58. The minimum absolute atomic E-state index is 0.000611. The van der Waals surface area contributed by atoms with E-state index in [2.05, 4.69) is 0 Å². The maximum Gasteiger partial charge on any atom is 0.251 e. The van der Waals surface area contributed by atoms with Crippen LogP contribution in [-0.2, 0) is 14.8 Å². The van der Waals surface area contributed by atoms with Crippen LogP contribution in [0, 0.1) is 0 Å². The average Bonchev–Trinajstić information content (AvgIpc) is 2.37. The van der Waals surface area contributed by atoms with E-state index in [-0.39, 0.29) is 51.8 Å². The zero-order valence-corrected chi connectivity index (χ0v) is 12.7. The van der Waals surface area contributed by atoms with E-state index in [9.17, 15) is 22.0 Å². The Bertz CT molecular complexity index is 439. The number of rotatable bonds is 7. The highest BCUT2D eigenvalue weighted by Gasteiger charge is 2.27. The molecule has 0 aliphatic carbocycles. The van der Waals surface area contributed by atoms with Crippen LogP contribution in [0.1, 0.15) is 0 Å². The van der Waals surface area contributed by atoms with E-state index >= 15 is 0 Å². The molecule has 0 aromatic rings. The van der Waals surface area contributed by atoms with Crippen LogP contribution in [-0.4, -0.2) is 98.6 Å². The Balaban J connectivity index is 2.49. The van der Waals surface area contributed by atoms with Crippen LogP contribution in [0.3, 0.4) is 0 Å². The van der Waals surface area contributed by atoms with Gasteiger partial charge in [0.05, 0.1) is 26.0 Å². The van der Waals surface area contributed by atoms with Crippen LogP contribution < -0.4 is 0 Å². The van der Waals surface area contributed by atoms with Crippen LogP contribution in [0.25, 0.3) is 0 Å². The monoisotopic (exact) mass is 329 g/mol. The van der Waals surface area contributed by atoms with Crippen LogP contribution >= 0.6 is 0 Å². The average molecular weight is 329 g/mol. The summed E-state index contributed by atoms with van der Waals surface area (Å²) in [4.78, 5) is 14.7. The van der Waals surface area contributed by atoms with E-state index in [0.717, 1.165) is 6.26 Å². The number of nitrogens with zero attached hydrogens (tertiary/aromatic N) is 3. The lowest BCUT2D eigenvalue weighted by atomic mass is 10.3. The lowest BCUT2D eigenvalue weighted by Crippen LogP contribution is -2.52. The number of carbonyl (C=O) groups is 1. The molecule has 1 aliphatic rings. The van der Waals surface area contributed by atoms with E-state index in [1.165, 1.54) is 14.1 Å². The molecule has 0 aromatic carbocycles. The van der Waals surface area contributed by atoms with Crippen molar-refractivity contribution in [3.63, 3.8) is 0 Å². The summed E-state index contributed by atoms with van der Waals surface area (Å²) in [7, 11) is -3.27. The maximum atomic E-state index is 12.4. The van der Waals surface area contributed by atoms with Crippen molar-refractivity contribution >= 4 is 15.9 Å². The van der Waals surface area contributed by atoms with Crippen molar-refractivity contribution in [2.75, 3.05) is 58.7 Å². The minimum atomic E-state index is -3.27. The van der Waals surface area contributed by atoms with Crippen molar-refractivity contribution in [3.8, 4) is 0 Å². The van der Waals surface area contributed by atoms with E-state index in [1.807, 2.05) is 0 Å². The molecule has 7 nitrogen and oxygen atoms in total. The van der Waals surface area contributed by atoms with Gasteiger partial charge in [-0.05, 0) is 0 Å². The highest BCUT2D eigenvalue weighted by Crippen LogP contribution is 2.07. The third-order valence-corrected chi connectivity index (χ3v) is 4.53. The van der Waals surface area contributed by atoms with Gasteiger partial charge in [0.25, 0.3) is 6.43 Å². The second-order valence-electron chi connectivity index (χ2n) is 4.89. The molecule has 0 radical (unpaired) electrons. The number of alkyl halides is 2. The summed E-state index contributed by atoms with van der Waals surface area (Å²) in [5.41, 5.74) is 0. The highest BCUT2D eigenvalue weighted by atomic mass is 32.2. The summed E-state index contributed by atoms with van der Waals surface area (Å²) < 4.78 is 48.7. The lowest BCUT2D eigenvalue weighted by Gasteiger charge is -2.34. The Morgan fingerprint density at radius 3 is 2.29 bits per heavy atom. The number of sulfonamides is 1. The number of aliphatic hydroxyl groups is 1. The minimum Gasteiger partial charge on any atom is -0.395 e. The fraction of sp³-hybridized carbons (Fsp3) is 0.909. The molecule has 10 heteroatoms. The zero-order valence-electron chi connectivity index (χ0n) is 11.9. The molecular weight excluding hydrogens is 308 g/mol. The van der Waals surface area contributed by atoms with Gasteiger partial charge in [-0.25, -0.2) is 17.2 Å². The van der Waals surface area contributed by atoms with Crippen LogP contribution in [0.2, 0.25) is 0 Å². The van der Waals surface area contributed by atoms with Crippen molar-refractivity contribution in [2.45, 2.75) is 6.43 Å². The molecule has 1 aliphatic heterocycles. The Morgan fingerprint density at radius 2 is 1.86 bits per heavy atom. The number of piperazine rings is 1. The molecule has 0 saturated carbocycles. The van der Waals surface area contributed by atoms with Crippen molar-refractivity contribution in [2.24, 2.45) is 0 Å². The van der Waals surface area contributed by atoms with Gasteiger partial charge >= 0.3 is 0 Å². The molecule has 0 unspecified atom stereocenters. The van der Waals surface area contributed by atoms with E-state index in [4.69, 9.17) is 5.11 Å². The van der Waals surface area contributed by atoms with Crippen molar-refractivity contribution in [1.82, 2.24) is 14.1 Å². The highest BCUT2D eigenvalue weighted by molar-refractivity contribution is 7.88. The molecule has 1 saturated heterocycles. The SMILES string of the molecule is CS(=O)(=O)N1CCN(C(=O)CN(CCO)CC(F)F)CC1. The zero-order chi connectivity index (χ0) is 16.0. The summed E-state index contributed by atoms with van der Waals surface area (Å²) in [6, 6.07) is 0. The molecule has 1 heterocycles. The first kappa shape index (κ1) is 18.2. The second kappa shape index (κ2) is 7.97. The van der Waals surface area contributed by atoms with Crippen molar-refractivity contribution < 1.29 is 27.1 Å².